The van der Waals surface area contributed by atoms with Gasteiger partial charge in [0.25, 0.3) is 0 Å². The van der Waals surface area contributed by atoms with E-state index in [0.717, 1.165) is 13.8 Å². The topological polar surface area (TPSA) is 445 Å². The molecular formula is C34H58N2O26. The molecule has 5 rings (SSSR count). The van der Waals surface area contributed by atoms with Crippen molar-refractivity contribution in [3.8, 4) is 0 Å². The molecule has 5 aliphatic heterocycles. The van der Waals surface area contributed by atoms with Crippen LogP contribution in [0.15, 0.2) is 0 Å². The van der Waals surface area contributed by atoms with Gasteiger partial charge in [0.05, 0.1) is 33.0 Å². The molecule has 0 aliphatic carbocycles. The van der Waals surface area contributed by atoms with Gasteiger partial charge < -0.3 is 130 Å². The Labute approximate surface area is 351 Å². The summed E-state index contributed by atoms with van der Waals surface area (Å²) in [7, 11) is 0. The van der Waals surface area contributed by atoms with Gasteiger partial charge in [-0.25, -0.2) is 0 Å². The molecule has 5 aliphatic rings. The average molecular weight is 911 g/mol. The minimum atomic E-state index is -2.23. The first-order chi connectivity index (χ1) is 29.3. The molecule has 28 nitrogen and oxygen atoms in total. The smallest absolute Gasteiger partial charge is 0.217 e. The van der Waals surface area contributed by atoms with Crippen LogP contribution < -0.4 is 10.6 Å². The highest BCUT2D eigenvalue weighted by Gasteiger charge is 2.57. The van der Waals surface area contributed by atoms with Crippen LogP contribution in [0.2, 0.25) is 0 Å². The molecule has 25 atom stereocenters. The summed E-state index contributed by atoms with van der Waals surface area (Å²) in [6, 6.07) is -3.19. The molecule has 0 aromatic heterocycles. The number of aliphatic hydroxyl groups is 15. The molecule has 5 heterocycles. The number of hydrogen-bond donors (Lipinski definition) is 17. The van der Waals surface area contributed by atoms with Crippen molar-refractivity contribution in [1.29, 1.82) is 0 Å². The second-order valence-corrected chi connectivity index (χ2v) is 15.4. The van der Waals surface area contributed by atoms with Crippen molar-refractivity contribution < 1.29 is 129 Å². The molecule has 5 fully saturated rings. The molecular weight excluding hydrogens is 852 g/mol. The second-order valence-electron chi connectivity index (χ2n) is 15.4. The maximum atomic E-state index is 12.4. The Balaban J connectivity index is 1.44. The van der Waals surface area contributed by atoms with E-state index in [1.165, 1.54) is 0 Å². The Morgan fingerprint density at radius 2 is 0.726 bits per heavy atom. The number of hydrogen-bond acceptors (Lipinski definition) is 26. The molecule has 360 valence electrons. The lowest BCUT2D eigenvalue weighted by Gasteiger charge is -2.51. The van der Waals surface area contributed by atoms with Crippen LogP contribution in [0, 0.1) is 0 Å². The molecule has 0 radical (unpaired) electrons. The summed E-state index contributed by atoms with van der Waals surface area (Å²) in [6.45, 7) is -2.60. The Bertz CT molecular complexity index is 1440. The molecule has 62 heavy (non-hydrogen) atoms. The zero-order valence-electron chi connectivity index (χ0n) is 33.2. The third kappa shape index (κ3) is 10.8. The number of carbonyl (C=O) groups is 2. The molecule has 0 bridgehead atoms. The molecule has 5 saturated heterocycles. The van der Waals surface area contributed by atoms with Crippen molar-refractivity contribution >= 4 is 11.8 Å². The standard InChI is InChI=1S/C34H58N2O26/c1-8(42)35-15-19(46)26(12(5-39)54-30(15)53)59-31-16(36-9(2)43)20(47)27(13(6-40)57-31)60-34-25(52)29(62-33-24(51)22(49)18(45)11(4-38)56-33)28(14(7-41)58-34)61-32-23(50)21(48)17(44)10(3-37)55-32/h10-34,37-41,44-53H,3-7H2,1-2H3,(H,35,42)(H,36,43)/t10-,11-,12-,13-,14-,15-,16-,17-,18-,19-,20-,21+,22+,23+,24+,25+,26-,27-,28-,29-,30-,31+,32+,33+,34+/m1/s1. The van der Waals surface area contributed by atoms with E-state index in [4.69, 9.17) is 42.6 Å². The van der Waals surface area contributed by atoms with E-state index in [0.29, 0.717) is 0 Å². The molecule has 17 N–H and O–H groups in total. The fourth-order valence-electron chi connectivity index (χ4n) is 7.83. The van der Waals surface area contributed by atoms with Crippen LogP contribution in [0.5, 0.6) is 0 Å². The van der Waals surface area contributed by atoms with Gasteiger partial charge in [-0.1, -0.05) is 0 Å². The molecule has 0 aromatic rings. The van der Waals surface area contributed by atoms with Crippen molar-refractivity contribution in [2.45, 2.75) is 167 Å². The minimum Gasteiger partial charge on any atom is -0.394 e. The van der Waals surface area contributed by atoms with Gasteiger partial charge >= 0.3 is 0 Å². The molecule has 28 heteroatoms. The lowest BCUT2D eigenvalue weighted by Crippen LogP contribution is -2.70. The van der Waals surface area contributed by atoms with Gasteiger partial charge in [-0.2, -0.15) is 0 Å². The van der Waals surface area contributed by atoms with Crippen LogP contribution in [-0.2, 0) is 52.2 Å². The normalized spacial score (nSPS) is 49.0. The zero-order valence-corrected chi connectivity index (χ0v) is 33.2. The molecule has 0 spiro atoms. The van der Waals surface area contributed by atoms with Crippen molar-refractivity contribution in [2.75, 3.05) is 33.0 Å². The predicted molar refractivity (Wildman–Crippen MR) is 190 cm³/mol. The van der Waals surface area contributed by atoms with Gasteiger partial charge in [0.15, 0.2) is 31.5 Å². The first kappa shape index (κ1) is 51.0. The Morgan fingerprint density at radius 3 is 1.19 bits per heavy atom. The maximum absolute atomic E-state index is 12.4. The third-order valence-corrected chi connectivity index (χ3v) is 11.1. The van der Waals surface area contributed by atoms with Crippen molar-refractivity contribution in [3.63, 3.8) is 0 Å². The average Bonchev–Trinajstić information content (AvgIpc) is 3.24. The van der Waals surface area contributed by atoms with Gasteiger partial charge in [0.1, 0.15) is 122 Å². The first-order valence-corrected chi connectivity index (χ1v) is 19.6. The third-order valence-electron chi connectivity index (χ3n) is 11.1. The first-order valence-electron chi connectivity index (χ1n) is 19.6. The SMILES string of the molecule is CC(=O)N[C@@H]1[C@@H](O)[C@H](O[C@@H]2O[C@H](CO)[C@@H](O[C@@H]3O[C@H](CO)[C@@H](O[C@@H]4O[C@H](CO)[C@@H](O)[C@H](O)[C@@H]4O)[C@H](O[C@@H]4O[C@H](CO)[C@@H](O)[C@H](O)[C@@H]4O)[C@@H]3O)[C@H](O)[C@H]2NC(C)=O)[C@@H](CO)O[C@H]1O. The minimum absolute atomic E-state index is 0.693. The lowest BCUT2D eigenvalue weighted by molar-refractivity contribution is -0.398. The van der Waals surface area contributed by atoms with Crippen LogP contribution in [0.25, 0.3) is 0 Å². The molecule has 0 saturated carbocycles. The van der Waals surface area contributed by atoms with E-state index in [-0.39, 0.29) is 0 Å². The fraction of sp³-hybridized carbons (Fsp3) is 0.941. The van der Waals surface area contributed by atoms with Crippen molar-refractivity contribution in [1.82, 2.24) is 10.6 Å². The van der Waals surface area contributed by atoms with Gasteiger partial charge in [0, 0.05) is 13.8 Å². The van der Waals surface area contributed by atoms with E-state index in [1.807, 2.05) is 0 Å². The Kier molecular flexibility index (Phi) is 18.1. The number of nitrogens with one attached hydrogen (secondary N) is 2. The highest BCUT2D eigenvalue weighted by Crippen LogP contribution is 2.36. The van der Waals surface area contributed by atoms with E-state index < -0.39 is 198 Å². The van der Waals surface area contributed by atoms with Crippen LogP contribution >= 0.6 is 0 Å². The maximum Gasteiger partial charge on any atom is 0.217 e. The number of amides is 2. The summed E-state index contributed by atoms with van der Waals surface area (Å²) in [6.07, 6.45) is -42.9. The van der Waals surface area contributed by atoms with Crippen LogP contribution in [0.4, 0.5) is 0 Å². The summed E-state index contributed by atoms with van der Waals surface area (Å²) in [5, 5.41) is 163. The Morgan fingerprint density at radius 1 is 0.387 bits per heavy atom. The summed E-state index contributed by atoms with van der Waals surface area (Å²) < 4.78 is 51.4. The van der Waals surface area contributed by atoms with Crippen LogP contribution in [-0.4, -0.2) is 275 Å². The van der Waals surface area contributed by atoms with Crippen LogP contribution in [0.3, 0.4) is 0 Å². The predicted octanol–water partition coefficient (Wildman–Crippen LogP) is -11.6. The van der Waals surface area contributed by atoms with Gasteiger partial charge in [0.2, 0.25) is 11.8 Å². The van der Waals surface area contributed by atoms with E-state index in [1.54, 1.807) is 0 Å². The van der Waals surface area contributed by atoms with Gasteiger partial charge in [-0.3, -0.25) is 9.59 Å². The molecule has 0 unspecified atom stereocenters. The van der Waals surface area contributed by atoms with Crippen molar-refractivity contribution in [2.24, 2.45) is 0 Å². The Hall–Kier alpha value is -2.02. The van der Waals surface area contributed by atoms with E-state index >= 15 is 0 Å². The summed E-state index contributed by atoms with van der Waals surface area (Å²) >= 11 is 0. The highest BCUT2D eigenvalue weighted by atomic mass is 16.8. The summed E-state index contributed by atoms with van der Waals surface area (Å²) in [5.74, 6) is -1.49. The number of carbonyl (C=O) groups excluding carboxylic acids is 2. The fourth-order valence-corrected chi connectivity index (χ4v) is 7.83. The number of rotatable bonds is 15. The molecule has 0 aromatic carbocycles. The monoisotopic (exact) mass is 910 g/mol. The summed E-state index contributed by atoms with van der Waals surface area (Å²) in [4.78, 5) is 24.2. The van der Waals surface area contributed by atoms with E-state index in [2.05, 4.69) is 10.6 Å². The lowest BCUT2D eigenvalue weighted by atomic mass is 9.93. The van der Waals surface area contributed by atoms with Crippen molar-refractivity contribution in [3.05, 3.63) is 0 Å². The highest BCUT2D eigenvalue weighted by molar-refractivity contribution is 5.73. The van der Waals surface area contributed by atoms with E-state index in [9.17, 15) is 86.2 Å². The van der Waals surface area contributed by atoms with Gasteiger partial charge in [-0.05, 0) is 0 Å². The largest absolute Gasteiger partial charge is 0.394 e. The van der Waals surface area contributed by atoms with Crippen LogP contribution in [0.1, 0.15) is 13.8 Å². The zero-order chi connectivity index (χ0) is 45.9. The summed E-state index contributed by atoms with van der Waals surface area (Å²) in [5.41, 5.74) is 0. The van der Waals surface area contributed by atoms with Gasteiger partial charge in [-0.15, -0.1) is 0 Å². The number of ether oxygens (including phenoxy) is 9. The quantitative estimate of drug-likeness (QED) is 0.0725. The molecule has 2 amide bonds. The second kappa shape index (κ2) is 22.0. The number of aliphatic hydroxyl groups excluding tert-OH is 15.